The molecule has 0 radical (unpaired) electrons. The molecule has 21 heavy (non-hydrogen) atoms. The number of aromatic amines is 1. The molecule has 0 aliphatic heterocycles. The normalized spacial score (nSPS) is 10.8. The first-order chi connectivity index (χ1) is 10.2. The van der Waals surface area contributed by atoms with E-state index in [4.69, 9.17) is 0 Å². The van der Waals surface area contributed by atoms with Crippen molar-refractivity contribution in [1.29, 1.82) is 0 Å². The topological polar surface area (TPSA) is 57.8 Å². The van der Waals surface area contributed by atoms with Crippen LogP contribution in [0.5, 0.6) is 0 Å². The summed E-state index contributed by atoms with van der Waals surface area (Å²) in [4.78, 5) is 19.5. The molecule has 0 spiro atoms. The Labute approximate surface area is 123 Å². The molecule has 106 valence electrons. The van der Waals surface area contributed by atoms with E-state index in [-0.39, 0.29) is 5.91 Å². The molecule has 1 amide bonds. The molecule has 0 atom stereocenters. The van der Waals surface area contributed by atoms with Gasteiger partial charge in [-0.3, -0.25) is 4.79 Å². The number of rotatable bonds is 3. The van der Waals surface area contributed by atoms with E-state index >= 15 is 0 Å². The van der Waals surface area contributed by atoms with Crippen molar-refractivity contribution in [3.63, 3.8) is 0 Å². The maximum Gasteiger partial charge on any atom is 0.224 e. The molecule has 2 aromatic carbocycles. The molecular formula is C17H17N3O. The van der Waals surface area contributed by atoms with Crippen molar-refractivity contribution < 1.29 is 4.79 Å². The van der Waals surface area contributed by atoms with Gasteiger partial charge in [0.2, 0.25) is 5.91 Å². The first kappa shape index (κ1) is 13.4. The quantitative estimate of drug-likeness (QED) is 0.764. The van der Waals surface area contributed by atoms with Crippen LogP contribution < -0.4 is 5.32 Å². The zero-order valence-corrected chi connectivity index (χ0v) is 12.1. The maximum atomic E-state index is 11.6. The smallest absolute Gasteiger partial charge is 0.224 e. The summed E-state index contributed by atoms with van der Waals surface area (Å²) in [5, 5.41) is 2.92. The molecule has 2 N–H and O–H groups in total. The Morgan fingerprint density at radius 3 is 2.76 bits per heavy atom. The third kappa shape index (κ3) is 2.52. The number of carbonyl (C=O) groups is 1. The number of fused-ring (bicyclic) bond motifs is 1. The average Bonchev–Trinajstić information content (AvgIpc) is 2.92. The Kier molecular flexibility index (Phi) is 3.44. The Balaban J connectivity index is 2.05. The van der Waals surface area contributed by atoms with Crippen molar-refractivity contribution in [2.75, 3.05) is 5.32 Å². The van der Waals surface area contributed by atoms with Crippen LogP contribution in [0.4, 0.5) is 5.69 Å². The number of nitrogens with one attached hydrogen (secondary N) is 2. The lowest BCUT2D eigenvalue weighted by atomic mass is 10.1. The summed E-state index contributed by atoms with van der Waals surface area (Å²) < 4.78 is 0. The predicted octanol–water partition coefficient (Wildman–Crippen LogP) is 3.89. The van der Waals surface area contributed by atoms with Crippen LogP contribution >= 0.6 is 0 Å². The van der Waals surface area contributed by atoms with Crippen molar-refractivity contribution in [2.45, 2.75) is 20.3 Å². The molecule has 1 heterocycles. The first-order valence-corrected chi connectivity index (χ1v) is 7.03. The number of para-hydroxylation sites is 2. The Morgan fingerprint density at radius 1 is 1.19 bits per heavy atom. The van der Waals surface area contributed by atoms with Gasteiger partial charge in [0.25, 0.3) is 0 Å². The van der Waals surface area contributed by atoms with Gasteiger partial charge in [0.05, 0.1) is 11.0 Å². The zero-order chi connectivity index (χ0) is 14.8. The Hall–Kier alpha value is -2.62. The number of amides is 1. The summed E-state index contributed by atoms with van der Waals surface area (Å²) in [6, 6.07) is 13.8. The summed E-state index contributed by atoms with van der Waals surface area (Å²) >= 11 is 0. The van der Waals surface area contributed by atoms with E-state index in [1.165, 1.54) is 0 Å². The fraction of sp³-hybridized carbons (Fsp3) is 0.176. The minimum atomic E-state index is 0.0138. The van der Waals surface area contributed by atoms with Crippen LogP contribution in [0.3, 0.4) is 0 Å². The number of aromatic nitrogens is 2. The maximum absolute atomic E-state index is 11.6. The number of benzene rings is 2. The third-order valence-electron chi connectivity index (χ3n) is 3.57. The zero-order valence-electron chi connectivity index (χ0n) is 12.1. The van der Waals surface area contributed by atoms with Gasteiger partial charge >= 0.3 is 0 Å². The number of carbonyl (C=O) groups excluding carboxylic acids is 1. The highest BCUT2D eigenvalue weighted by Crippen LogP contribution is 2.28. The van der Waals surface area contributed by atoms with Crippen molar-refractivity contribution >= 4 is 22.6 Å². The van der Waals surface area contributed by atoms with Crippen molar-refractivity contribution in [1.82, 2.24) is 9.97 Å². The Morgan fingerprint density at radius 2 is 2.00 bits per heavy atom. The first-order valence-electron chi connectivity index (χ1n) is 7.03. The van der Waals surface area contributed by atoms with Crippen molar-refractivity contribution in [2.24, 2.45) is 0 Å². The van der Waals surface area contributed by atoms with E-state index in [1.807, 2.05) is 56.3 Å². The molecule has 0 saturated carbocycles. The highest BCUT2D eigenvalue weighted by molar-refractivity contribution is 5.92. The van der Waals surface area contributed by atoms with Gasteiger partial charge in [-0.15, -0.1) is 0 Å². The molecular weight excluding hydrogens is 262 g/mol. The molecule has 4 nitrogen and oxygen atoms in total. The van der Waals surface area contributed by atoms with Gasteiger partial charge in [-0.25, -0.2) is 4.98 Å². The van der Waals surface area contributed by atoms with E-state index in [2.05, 4.69) is 15.3 Å². The molecule has 0 aliphatic rings. The van der Waals surface area contributed by atoms with E-state index in [0.717, 1.165) is 33.7 Å². The van der Waals surface area contributed by atoms with Crippen LogP contribution in [0.2, 0.25) is 0 Å². The van der Waals surface area contributed by atoms with Gasteiger partial charge in [0.15, 0.2) is 0 Å². The second kappa shape index (κ2) is 5.40. The summed E-state index contributed by atoms with van der Waals surface area (Å²) in [7, 11) is 0. The number of nitrogens with zero attached hydrogens (tertiary/aromatic N) is 1. The largest absolute Gasteiger partial charge is 0.338 e. The van der Waals surface area contributed by atoms with Gasteiger partial charge in [-0.1, -0.05) is 31.2 Å². The van der Waals surface area contributed by atoms with E-state index in [9.17, 15) is 4.79 Å². The molecule has 1 aromatic heterocycles. The lowest BCUT2D eigenvalue weighted by molar-refractivity contribution is -0.115. The van der Waals surface area contributed by atoms with Crippen LogP contribution in [-0.4, -0.2) is 15.9 Å². The van der Waals surface area contributed by atoms with E-state index < -0.39 is 0 Å². The third-order valence-corrected chi connectivity index (χ3v) is 3.57. The van der Waals surface area contributed by atoms with Crippen LogP contribution in [0.15, 0.2) is 42.5 Å². The fourth-order valence-corrected chi connectivity index (χ4v) is 2.35. The molecule has 0 fully saturated rings. The second-order valence-corrected chi connectivity index (χ2v) is 4.98. The molecule has 0 aliphatic carbocycles. The van der Waals surface area contributed by atoms with Crippen LogP contribution in [0.1, 0.15) is 18.9 Å². The number of hydrogen-bond donors (Lipinski definition) is 2. The molecule has 0 saturated heterocycles. The number of imidazole rings is 1. The molecule has 0 unspecified atom stereocenters. The van der Waals surface area contributed by atoms with E-state index in [0.29, 0.717) is 6.42 Å². The van der Waals surface area contributed by atoms with Crippen LogP contribution in [0.25, 0.3) is 22.4 Å². The number of hydrogen-bond acceptors (Lipinski definition) is 2. The fourth-order valence-electron chi connectivity index (χ4n) is 2.35. The number of anilines is 1. The lowest BCUT2D eigenvalue weighted by Gasteiger charge is -2.10. The van der Waals surface area contributed by atoms with Gasteiger partial charge < -0.3 is 10.3 Å². The van der Waals surface area contributed by atoms with Gasteiger partial charge in [0.1, 0.15) is 5.82 Å². The summed E-state index contributed by atoms with van der Waals surface area (Å²) in [5.41, 5.74) is 4.79. The lowest BCUT2D eigenvalue weighted by Crippen LogP contribution is -2.10. The van der Waals surface area contributed by atoms with Crippen molar-refractivity contribution in [3.8, 4) is 11.4 Å². The summed E-state index contributed by atoms with van der Waals surface area (Å²) in [6.45, 7) is 3.83. The van der Waals surface area contributed by atoms with Crippen molar-refractivity contribution in [3.05, 3.63) is 48.0 Å². The molecule has 3 aromatic rings. The highest BCUT2D eigenvalue weighted by Gasteiger charge is 2.11. The molecule has 0 bridgehead atoms. The van der Waals surface area contributed by atoms with Gasteiger partial charge in [0, 0.05) is 17.7 Å². The summed E-state index contributed by atoms with van der Waals surface area (Å²) in [5.74, 6) is 0.834. The van der Waals surface area contributed by atoms with E-state index in [1.54, 1.807) is 0 Å². The van der Waals surface area contributed by atoms with Gasteiger partial charge in [-0.05, 0) is 30.7 Å². The minimum Gasteiger partial charge on any atom is -0.338 e. The number of H-pyrrole nitrogens is 1. The van der Waals surface area contributed by atoms with Crippen LogP contribution in [0, 0.1) is 6.92 Å². The van der Waals surface area contributed by atoms with Gasteiger partial charge in [-0.2, -0.15) is 0 Å². The molecule has 3 rings (SSSR count). The summed E-state index contributed by atoms with van der Waals surface area (Å²) in [6.07, 6.45) is 0.467. The predicted molar refractivity (Wildman–Crippen MR) is 85.2 cm³/mol. The monoisotopic (exact) mass is 279 g/mol. The minimum absolute atomic E-state index is 0.0138. The highest BCUT2D eigenvalue weighted by atomic mass is 16.1. The Bertz CT molecular complexity index is 772. The average molecular weight is 279 g/mol. The van der Waals surface area contributed by atoms with Crippen LogP contribution in [-0.2, 0) is 4.79 Å². The molecule has 4 heteroatoms. The second-order valence-electron chi connectivity index (χ2n) is 4.98. The standard InChI is InChI=1S/C17H17N3O/c1-3-16(21)18-13-10-6-7-12(11(13)2)17-19-14-8-4-5-9-15(14)20-17/h4-10H,3H2,1-2H3,(H,18,21)(H,19,20). The SMILES string of the molecule is CCC(=O)Nc1cccc(-c2nc3ccccc3[nH]2)c1C.